The first kappa shape index (κ1) is 17.5. The van der Waals surface area contributed by atoms with Gasteiger partial charge in [-0.1, -0.05) is 30.3 Å². The van der Waals surface area contributed by atoms with Crippen molar-refractivity contribution < 1.29 is 9.53 Å². The van der Waals surface area contributed by atoms with E-state index in [1.165, 1.54) is 0 Å². The molecule has 2 N–H and O–H groups in total. The minimum Gasteiger partial charge on any atom is -0.371 e. The molecular formula is C19H26N4O2. The number of hydrogen-bond acceptors (Lipinski definition) is 3. The largest absolute Gasteiger partial charge is 0.371 e. The summed E-state index contributed by atoms with van der Waals surface area (Å²) in [5, 5.41) is 10.3. The molecule has 1 aromatic carbocycles. The van der Waals surface area contributed by atoms with Crippen LogP contribution in [0.4, 0.5) is 10.5 Å². The number of urea groups is 1. The SMILES string of the molecule is Cc1nn(C)c(C)c1NC(=O)N[C@@H]1CCC[C@H]1OCc1ccccc1. The maximum absolute atomic E-state index is 12.4. The first-order valence-electron chi connectivity index (χ1n) is 8.78. The topological polar surface area (TPSA) is 68.2 Å². The molecule has 0 unspecified atom stereocenters. The van der Waals surface area contributed by atoms with Crippen LogP contribution in [0.3, 0.4) is 0 Å². The van der Waals surface area contributed by atoms with E-state index in [2.05, 4.69) is 27.9 Å². The Labute approximate surface area is 148 Å². The zero-order chi connectivity index (χ0) is 17.8. The lowest BCUT2D eigenvalue weighted by atomic mass is 10.2. The number of carbonyl (C=O) groups is 1. The zero-order valence-electron chi connectivity index (χ0n) is 15.1. The molecule has 6 heteroatoms. The fourth-order valence-electron chi connectivity index (χ4n) is 3.34. The van der Waals surface area contributed by atoms with Gasteiger partial charge in [0.05, 0.1) is 35.8 Å². The van der Waals surface area contributed by atoms with E-state index in [4.69, 9.17) is 4.74 Å². The third-order valence-corrected chi connectivity index (χ3v) is 4.82. The number of nitrogens with one attached hydrogen (secondary N) is 2. The molecule has 134 valence electrons. The number of nitrogens with zero attached hydrogens (tertiary/aromatic N) is 2. The van der Waals surface area contributed by atoms with E-state index in [0.717, 1.165) is 41.9 Å². The standard InChI is InChI=1S/C19H26N4O2/c1-13-18(14(2)23(3)22-13)21-19(24)20-16-10-7-11-17(16)25-12-15-8-5-4-6-9-15/h4-6,8-9,16-17H,7,10-12H2,1-3H3,(H2,20,21,24)/t16-,17-/m1/s1. The molecule has 2 atom stereocenters. The van der Waals surface area contributed by atoms with Crippen molar-refractivity contribution in [1.82, 2.24) is 15.1 Å². The van der Waals surface area contributed by atoms with Crippen LogP contribution in [0, 0.1) is 13.8 Å². The summed E-state index contributed by atoms with van der Waals surface area (Å²) in [6.07, 6.45) is 3.04. The molecule has 1 heterocycles. The second-order valence-corrected chi connectivity index (χ2v) is 6.64. The first-order valence-corrected chi connectivity index (χ1v) is 8.78. The first-order chi connectivity index (χ1) is 12.0. The molecule has 1 aliphatic rings. The number of aryl methyl sites for hydroxylation is 2. The predicted octanol–water partition coefficient (Wildman–Crippen LogP) is 3.30. The Bertz CT molecular complexity index is 727. The van der Waals surface area contributed by atoms with Crippen molar-refractivity contribution in [2.45, 2.75) is 51.9 Å². The molecule has 1 aromatic heterocycles. The lowest BCUT2D eigenvalue weighted by Crippen LogP contribution is -2.43. The number of ether oxygens (including phenoxy) is 1. The van der Waals surface area contributed by atoms with Crippen molar-refractivity contribution in [3.63, 3.8) is 0 Å². The average Bonchev–Trinajstić information content (AvgIpc) is 3.13. The minimum absolute atomic E-state index is 0.0426. The van der Waals surface area contributed by atoms with E-state index in [0.29, 0.717) is 6.61 Å². The maximum Gasteiger partial charge on any atom is 0.319 e. The summed E-state index contributed by atoms with van der Waals surface area (Å²) < 4.78 is 7.82. The Hall–Kier alpha value is -2.34. The molecule has 0 saturated heterocycles. The van der Waals surface area contributed by atoms with Crippen LogP contribution in [0.2, 0.25) is 0 Å². The Morgan fingerprint density at radius 2 is 2.04 bits per heavy atom. The highest BCUT2D eigenvalue weighted by molar-refractivity contribution is 5.90. The van der Waals surface area contributed by atoms with Crippen molar-refractivity contribution in [2.24, 2.45) is 7.05 Å². The van der Waals surface area contributed by atoms with Gasteiger partial charge in [0.2, 0.25) is 0 Å². The molecule has 1 saturated carbocycles. The Kier molecular flexibility index (Phi) is 5.38. The molecule has 1 fully saturated rings. The van der Waals surface area contributed by atoms with Gasteiger partial charge in [-0.2, -0.15) is 5.10 Å². The van der Waals surface area contributed by atoms with Gasteiger partial charge in [0, 0.05) is 7.05 Å². The van der Waals surface area contributed by atoms with E-state index >= 15 is 0 Å². The average molecular weight is 342 g/mol. The number of benzene rings is 1. The molecular weight excluding hydrogens is 316 g/mol. The summed E-state index contributed by atoms with van der Waals surface area (Å²) in [5.74, 6) is 0. The lowest BCUT2D eigenvalue weighted by Gasteiger charge is -2.22. The highest BCUT2D eigenvalue weighted by atomic mass is 16.5. The van der Waals surface area contributed by atoms with Gasteiger partial charge in [0.1, 0.15) is 0 Å². The van der Waals surface area contributed by atoms with E-state index in [9.17, 15) is 4.79 Å². The van der Waals surface area contributed by atoms with Gasteiger partial charge < -0.3 is 15.4 Å². The molecule has 0 spiro atoms. The number of carbonyl (C=O) groups excluding carboxylic acids is 1. The molecule has 6 nitrogen and oxygen atoms in total. The lowest BCUT2D eigenvalue weighted by molar-refractivity contribution is 0.0305. The number of hydrogen-bond donors (Lipinski definition) is 2. The van der Waals surface area contributed by atoms with Crippen molar-refractivity contribution in [2.75, 3.05) is 5.32 Å². The van der Waals surface area contributed by atoms with Gasteiger partial charge in [0.15, 0.2) is 0 Å². The Morgan fingerprint density at radius 1 is 1.28 bits per heavy atom. The molecule has 1 aliphatic carbocycles. The maximum atomic E-state index is 12.4. The summed E-state index contributed by atoms with van der Waals surface area (Å²) in [4.78, 5) is 12.4. The van der Waals surface area contributed by atoms with Crippen LogP contribution < -0.4 is 10.6 Å². The van der Waals surface area contributed by atoms with Crippen molar-refractivity contribution in [1.29, 1.82) is 0 Å². The van der Waals surface area contributed by atoms with Gasteiger partial charge in [-0.05, 0) is 38.7 Å². The fourth-order valence-corrected chi connectivity index (χ4v) is 3.34. The summed E-state index contributed by atoms with van der Waals surface area (Å²) in [5.41, 5.74) is 3.69. The highest BCUT2D eigenvalue weighted by Crippen LogP contribution is 2.24. The summed E-state index contributed by atoms with van der Waals surface area (Å²) in [6, 6.07) is 9.97. The van der Waals surface area contributed by atoms with Crippen LogP contribution in [-0.2, 0) is 18.4 Å². The second kappa shape index (κ2) is 7.70. The molecule has 0 aliphatic heterocycles. The second-order valence-electron chi connectivity index (χ2n) is 6.64. The van der Waals surface area contributed by atoms with Crippen LogP contribution in [0.1, 0.15) is 36.2 Å². The molecule has 2 aromatic rings. The number of anilines is 1. The van der Waals surface area contributed by atoms with Crippen LogP contribution in [0.25, 0.3) is 0 Å². The molecule has 2 amide bonds. The number of aromatic nitrogens is 2. The van der Waals surface area contributed by atoms with Gasteiger partial charge in [-0.25, -0.2) is 4.79 Å². The third kappa shape index (κ3) is 4.20. The molecule has 3 rings (SSSR count). The summed E-state index contributed by atoms with van der Waals surface area (Å²) in [7, 11) is 1.87. The van der Waals surface area contributed by atoms with Gasteiger partial charge in [-0.3, -0.25) is 4.68 Å². The van der Waals surface area contributed by atoms with Gasteiger partial charge in [-0.15, -0.1) is 0 Å². The Morgan fingerprint density at radius 3 is 2.72 bits per heavy atom. The van der Waals surface area contributed by atoms with Gasteiger partial charge in [0.25, 0.3) is 0 Å². The smallest absolute Gasteiger partial charge is 0.319 e. The van der Waals surface area contributed by atoms with Crippen LogP contribution >= 0.6 is 0 Å². The third-order valence-electron chi connectivity index (χ3n) is 4.82. The quantitative estimate of drug-likeness (QED) is 0.876. The Balaban J connectivity index is 1.54. The van der Waals surface area contributed by atoms with E-state index in [-0.39, 0.29) is 18.2 Å². The summed E-state index contributed by atoms with van der Waals surface area (Å²) in [6.45, 7) is 4.41. The highest BCUT2D eigenvalue weighted by Gasteiger charge is 2.29. The molecule has 25 heavy (non-hydrogen) atoms. The van der Waals surface area contributed by atoms with Crippen molar-refractivity contribution in [3.05, 3.63) is 47.3 Å². The van der Waals surface area contributed by atoms with Crippen molar-refractivity contribution in [3.8, 4) is 0 Å². The van der Waals surface area contributed by atoms with E-state index in [1.54, 1.807) is 4.68 Å². The minimum atomic E-state index is -0.195. The monoisotopic (exact) mass is 342 g/mol. The molecule has 0 radical (unpaired) electrons. The number of amides is 2. The van der Waals surface area contributed by atoms with Crippen molar-refractivity contribution >= 4 is 11.7 Å². The van der Waals surface area contributed by atoms with E-state index in [1.807, 2.05) is 39.1 Å². The predicted molar refractivity (Wildman–Crippen MR) is 97.5 cm³/mol. The number of rotatable bonds is 5. The normalized spacial score (nSPS) is 19.8. The fraction of sp³-hybridized carbons (Fsp3) is 0.474. The van der Waals surface area contributed by atoms with E-state index < -0.39 is 0 Å². The summed E-state index contributed by atoms with van der Waals surface area (Å²) >= 11 is 0. The van der Waals surface area contributed by atoms with Gasteiger partial charge >= 0.3 is 6.03 Å². The van der Waals surface area contributed by atoms with Crippen LogP contribution in [0.5, 0.6) is 0 Å². The molecule has 0 bridgehead atoms. The zero-order valence-corrected chi connectivity index (χ0v) is 15.1. The van der Waals surface area contributed by atoms with Crippen LogP contribution in [-0.4, -0.2) is 28.0 Å². The van der Waals surface area contributed by atoms with Crippen LogP contribution in [0.15, 0.2) is 30.3 Å².